The number of imidazole rings is 1. The third-order valence-corrected chi connectivity index (χ3v) is 3.34. The number of aliphatic hydroxyl groups excluding tert-OH is 1. The molecule has 0 aliphatic heterocycles. The van der Waals surface area contributed by atoms with Gasteiger partial charge in [-0.3, -0.25) is 4.98 Å². The van der Waals surface area contributed by atoms with E-state index in [4.69, 9.17) is 0 Å². The molecule has 1 unspecified atom stereocenters. The molecule has 2 heterocycles. The lowest BCUT2D eigenvalue weighted by molar-refractivity contribution is 0.211. The van der Waals surface area contributed by atoms with Gasteiger partial charge in [0.05, 0.1) is 23.7 Å². The van der Waals surface area contributed by atoms with E-state index in [1.807, 2.05) is 41.8 Å². The maximum Gasteiger partial charge on any atom is 0.121 e. The molecule has 0 fully saturated rings. The monoisotopic (exact) mass is 253 g/mol. The van der Waals surface area contributed by atoms with Gasteiger partial charge in [-0.1, -0.05) is 18.2 Å². The van der Waals surface area contributed by atoms with E-state index in [2.05, 4.69) is 9.97 Å². The Kier molecular flexibility index (Phi) is 3.01. The van der Waals surface area contributed by atoms with E-state index >= 15 is 0 Å². The van der Waals surface area contributed by atoms with Crippen molar-refractivity contribution in [1.29, 1.82) is 0 Å². The lowest BCUT2D eigenvalue weighted by atomic mass is 10.0. The van der Waals surface area contributed by atoms with Crippen molar-refractivity contribution in [3.8, 4) is 0 Å². The van der Waals surface area contributed by atoms with Gasteiger partial charge in [0.1, 0.15) is 6.10 Å². The summed E-state index contributed by atoms with van der Waals surface area (Å²) in [5, 5.41) is 11.6. The van der Waals surface area contributed by atoms with Crippen molar-refractivity contribution in [3.05, 3.63) is 60.3 Å². The quantitative estimate of drug-likeness (QED) is 0.780. The van der Waals surface area contributed by atoms with E-state index in [1.165, 1.54) is 0 Å². The number of aliphatic hydroxyl groups is 1. The van der Waals surface area contributed by atoms with Gasteiger partial charge in [0.25, 0.3) is 0 Å². The van der Waals surface area contributed by atoms with Crippen LogP contribution in [0.15, 0.2) is 49.1 Å². The summed E-state index contributed by atoms with van der Waals surface area (Å²) in [4.78, 5) is 8.42. The average molecular weight is 253 g/mol. The first-order chi connectivity index (χ1) is 9.31. The van der Waals surface area contributed by atoms with E-state index in [-0.39, 0.29) is 0 Å². The van der Waals surface area contributed by atoms with Crippen molar-refractivity contribution in [2.24, 2.45) is 0 Å². The van der Waals surface area contributed by atoms with E-state index in [9.17, 15) is 5.11 Å². The summed E-state index contributed by atoms with van der Waals surface area (Å²) in [5.41, 5.74) is 2.56. The van der Waals surface area contributed by atoms with Gasteiger partial charge in [0.15, 0.2) is 0 Å². The first-order valence-corrected chi connectivity index (χ1v) is 6.33. The molecule has 0 saturated heterocycles. The number of benzene rings is 1. The van der Waals surface area contributed by atoms with Crippen LogP contribution < -0.4 is 0 Å². The van der Waals surface area contributed by atoms with Crippen LogP contribution in [0.25, 0.3) is 10.9 Å². The molecule has 3 rings (SSSR count). The minimum Gasteiger partial charge on any atom is -0.382 e. The number of hydrogen-bond donors (Lipinski definition) is 1. The Morgan fingerprint density at radius 3 is 3.00 bits per heavy atom. The summed E-state index contributed by atoms with van der Waals surface area (Å²) >= 11 is 0. The third kappa shape index (κ3) is 2.00. The Labute approximate surface area is 111 Å². The highest BCUT2D eigenvalue weighted by Crippen LogP contribution is 2.27. The van der Waals surface area contributed by atoms with Gasteiger partial charge < -0.3 is 9.67 Å². The number of hydrogen-bond acceptors (Lipinski definition) is 3. The number of rotatable bonds is 3. The predicted octanol–water partition coefficient (Wildman–Crippen LogP) is 2.53. The molecule has 4 nitrogen and oxygen atoms in total. The molecule has 3 aromatic rings. The van der Waals surface area contributed by atoms with Crippen LogP contribution in [0.3, 0.4) is 0 Å². The standard InChI is InChI=1S/C15H15N3O/c1-2-18-10-16-9-14(18)15(19)12-5-3-7-13-11(12)6-4-8-17-13/h3-10,15,19H,2H2,1H3. The lowest BCUT2D eigenvalue weighted by Crippen LogP contribution is -2.07. The largest absolute Gasteiger partial charge is 0.382 e. The second-order valence-electron chi connectivity index (χ2n) is 4.42. The molecule has 0 saturated carbocycles. The second kappa shape index (κ2) is 4.82. The fraction of sp³-hybridized carbons (Fsp3) is 0.200. The zero-order chi connectivity index (χ0) is 13.2. The Morgan fingerprint density at radius 2 is 2.16 bits per heavy atom. The molecule has 19 heavy (non-hydrogen) atoms. The summed E-state index contributed by atoms with van der Waals surface area (Å²) in [6.07, 6.45) is 4.52. The maximum atomic E-state index is 10.6. The summed E-state index contributed by atoms with van der Waals surface area (Å²) < 4.78 is 1.94. The van der Waals surface area contributed by atoms with Crippen LogP contribution in [0.2, 0.25) is 0 Å². The second-order valence-corrected chi connectivity index (χ2v) is 4.42. The van der Waals surface area contributed by atoms with Gasteiger partial charge in [-0.25, -0.2) is 4.98 Å². The SMILES string of the molecule is CCn1cncc1C(O)c1cccc2ncccc12. The highest BCUT2D eigenvalue weighted by Gasteiger charge is 2.17. The van der Waals surface area contributed by atoms with Crippen molar-refractivity contribution in [3.63, 3.8) is 0 Å². The molecule has 2 aromatic heterocycles. The summed E-state index contributed by atoms with van der Waals surface area (Å²) in [7, 11) is 0. The van der Waals surface area contributed by atoms with Crippen molar-refractivity contribution in [1.82, 2.24) is 14.5 Å². The van der Waals surface area contributed by atoms with Crippen molar-refractivity contribution < 1.29 is 5.11 Å². The number of aryl methyl sites for hydroxylation is 1. The Bertz CT molecular complexity index is 700. The van der Waals surface area contributed by atoms with E-state index in [0.29, 0.717) is 0 Å². The zero-order valence-electron chi connectivity index (χ0n) is 10.7. The molecule has 0 bridgehead atoms. The molecule has 4 heteroatoms. The third-order valence-electron chi connectivity index (χ3n) is 3.34. The highest BCUT2D eigenvalue weighted by molar-refractivity contribution is 5.82. The van der Waals surface area contributed by atoms with Crippen molar-refractivity contribution >= 4 is 10.9 Å². The molecule has 1 N–H and O–H groups in total. The first kappa shape index (κ1) is 11.9. The molecular formula is C15H15N3O. The van der Waals surface area contributed by atoms with Gasteiger partial charge in [0.2, 0.25) is 0 Å². The molecule has 0 radical (unpaired) electrons. The molecule has 1 aromatic carbocycles. The first-order valence-electron chi connectivity index (χ1n) is 6.33. The van der Waals surface area contributed by atoms with Crippen molar-refractivity contribution in [2.45, 2.75) is 19.6 Å². The molecular weight excluding hydrogens is 238 g/mol. The van der Waals surface area contributed by atoms with Gasteiger partial charge in [-0.05, 0) is 24.6 Å². The fourth-order valence-electron chi connectivity index (χ4n) is 2.35. The van der Waals surface area contributed by atoms with Gasteiger partial charge in [-0.15, -0.1) is 0 Å². The van der Waals surface area contributed by atoms with Crippen LogP contribution in [0.4, 0.5) is 0 Å². The van der Waals surface area contributed by atoms with Crippen LogP contribution >= 0.6 is 0 Å². The topological polar surface area (TPSA) is 50.9 Å². The van der Waals surface area contributed by atoms with Crippen LogP contribution in [0.1, 0.15) is 24.3 Å². The number of aromatic nitrogens is 3. The summed E-state index contributed by atoms with van der Waals surface area (Å²) in [6.45, 7) is 2.82. The Balaban J connectivity index is 2.14. The molecule has 0 aliphatic rings. The lowest BCUT2D eigenvalue weighted by Gasteiger charge is -2.15. The molecule has 96 valence electrons. The zero-order valence-corrected chi connectivity index (χ0v) is 10.7. The maximum absolute atomic E-state index is 10.6. The minimum absolute atomic E-state index is 0.685. The molecule has 0 aliphatic carbocycles. The summed E-state index contributed by atoms with van der Waals surface area (Å²) in [5.74, 6) is 0. The van der Waals surface area contributed by atoms with Crippen LogP contribution in [-0.4, -0.2) is 19.6 Å². The van der Waals surface area contributed by atoms with Crippen LogP contribution in [0, 0.1) is 0 Å². The van der Waals surface area contributed by atoms with Crippen molar-refractivity contribution in [2.75, 3.05) is 0 Å². The normalized spacial score (nSPS) is 12.7. The van der Waals surface area contributed by atoms with Crippen LogP contribution in [0.5, 0.6) is 0 Å². The fourth-order valence-corrected chi connectivity index (χ4v) is 2.35. The number of fused-ring (bicyclic) bond motifs is 1. The molecule has 1 atom stereocenters. The number of nitrogens with zero attached hydrogens (tertiary/aromatic N) is 3. The number of pyridine rings is 1. The molecule has 0 spiro atoms. The highest BCUT2D eigenvalue weighted by atomic mass is 16.3. The Morgan fingerprint density at radius 1 is 1.26 bits per heavy atom. The van der Waals surface area contributed by atoms with E-state index in [1.54, 1.807) is 18.7 Å². The van der Waals surface area contributed by atoms with Gasteiger partial charge in [0, 0.05) is 18.1 Å². The predicted molar refractivity (Wildman–Crippen MR) is 73.7 cm³/mol. The van der Waals surface area contributed by atoms with Gasteiger partial charge >= 0.3 is 0 Å². The Hall–Kier alpha value is -2.20. The van der Waals surface area contributed by atoms with E-state index in [0.717, 1.165) is 28.7 Å². The molecule has 0 amide bonds. The van der Waals surface area contributed by atoms with Crippen LogP contribution in [-0.2, 0) is 6.54 Å². The minimum atomic E-state index is -0.685. The average Bonchev–Trinajstić information content (AvgIpc) is 2.94. The smallest absolute Gasteiger partial charge is 0.121 e. The summed E-state index contributed by atoms with van der Waals surface area (Å²) in [6, 6.07) is 9.66. The van der Waals surface area contributed by atoms with E-state index < -0.39 is 6.10 Å². The van der Waals surface area contributed by atoms with Gasteiger partial charge in [-0.2, -0.15) is 0 Å².